The number of amides is 1. The summed E-state index contributed by atoms with van der Waals surface area (Å²) in [5.74, 6) is -0.0550. The molecule has 0 aliphatic heterocycles. The van der Waals surface area contributed by atoms with Gasteiger partial charge in [0.1, 0.15) is 4.83 Å². The van der Waals surface area contributed by atoms with E-state index in [0.717, 1.165) is 16.9 Å². The Kier molecular flexibility index (Phi) is 7.46. The summed E-state index contributed by atoms with van der Waals surface area (Å²) in [5.41, 5.74) is 0.953. The van der Waals surface area contributed by atoms with Gasteiger partial charge < -0.3 is 10.1 Å². The number of fused-ring (bicyclic) bond motifs is 1. The molecule has 6 nitrogen and oxygen atoms in total. The number of methoxy groups -OCH3 is 1. The quantitative estimate of drug-likeness (QED) is 0.412. The topological polar surface area (TPSA) is 73.2 Å². The number of nitrogens with zero attached hydrogens (tertiary/aromatic N) is 2. The van der Waals surface area contributed by atoms with Crippen LogP contribution < -0.4 is 10.9 Å². The molecule has 154 valence electrons. The number of carbonyl (C=O) groups is 1. The fourth-order valence-electron chi connectivity index (χ4n) is 2.82. The molecule has 0 saturated heterocycles. The molecule has 1 aromatic carbocycles. The molecule has 3 rings (SSSR count). The number of thioether (sulfide) groups is 1. The lowest BCUT2D eigenvalue weighted by Crippen LogP contribution is -2.32. The van der Waals surface area contributed by atoms with Crippen LogP contribution in [0.15, 0.2) is 46.3 Å². The summed E-state index contributed by atoms with van der Waals surface area (Å²) < 4.78 is 6.79. The molecule has 3 aromatic rings. The van der Waals surface area contributed by atoms with Gasteiger partial charge in [-0.15, -0.1) is 11.3 Å². The van der Waals surface area contributed by atoms with Gasteiger partial charge in [0.15, 0.2) is 5.16 Å². The van der Waals surface area contributed by atoms with Gasteiger partial charge in [-0.25, -0.2) is 4.98 Å². The molecule has 29 heavy (non-hydrogen) atoms. The van der Waals surface area contributed by atoms with E-state index < -0.39 is 0 Å². The van der Waals surface area contributed by atoms with Gasteiger partial charge in [-0.1, -0.05) is 49.0 Å². The molecule has 0 radical (unpaired) electrons. The fourth-order valence-corrected chi connectivity index (χ4v) is 4.85. The lowest BCUT2D eigenvalue weighted by atomic mass is 10.2. The molecule has 0 spiro atoms. The van der Waals surface area contributed by atoms with Gasteiger partial charge in [0.05, 0.1) is 23.8 Å². The van der Waals surface area contributed by atoms with E-state index in [2.05, 4.69) is 5.32 Å². The fraction of sp³-hybridized carbons (Fsp3) is 0.381. The number of rotatable bonds is 9. The van der Waals surface area contributed by atoms with Crippen molar-refractivity contribution in [1.82, 2.24) is 14.9 Å². The molecule has 8 heteroatoms. The molecule has 0 aliphatic rings. The summed E-state index contributed by atoms with van der Waals surface area (Å²) in [6, 6.07) is 11.9. The van der Waals surface area contributed by atoms with E-state index in [1.165, 1.54) is 23.1 Å². The monoisotopic (exact) mass is 431 g/mol. The van der Waals surface area contributed by atoms with Gasteiger partial charge in [-0.3, -0.25) is 14.2 Å². The molecule has 1 N–H and O–H groups in total. The van der Waals surface area contributed by atoms with Crippen LogP contribution in [-0.2, 0) is 16.1 Å². The van der Waals surface area contributed by atoms with E-state index in [1.54, 1.807) is 11.7 Å². The van der Waals surface area contributed by atoms with E-state index in [0.29, 0.717) is 35.1 Å². The smallest absolute Gasteiger partial charge is 0.263 e. The van der Waals surface area contributed by atoms with Crippen LogP contribution in [0.25, 0.3) is 20.7 Å². The van der Waals surface area contributed by atoms with Crippen molar-refractivity contribution >= 4 is 39.2 Å². The highest BCUT2D eigenvalue weighted by Gasteiger charge is 2.20. The van der Waals surface area contributed by atoms with E-state index >= 15 is 0 Å². The Hall–Kier alpha value is -2.16. The van der Waals surface area contributed by atoms with Crippen LogP contribution in [0.5, 0.6) is 0 Å². The van der Waals surface area contributed by atoms with Crippen molar-refractivity contribution in [3.05, 3.63) is 46.8 Å². The molecule has 1 atom stereocenters. The summed E-state index contributed by atoms with van der Waals surface area (Å²) >= 11 is 2.80. The van der Waals surface area contributed by atoms with Crippen LogP contribution in [0.1, 0.15) is 20.3 Å². The van der Waals surface area contributed by atoms with Crippen LogP contribution in [-0.4, -0.2) is 41.0 Å². The zero-order valence-electron chi connectivity index (χ0n) is 16.8. The zero-order chi connectivity index (χ0) is 20.8. The number of carbonyl (C=O) groups excluding carboxylic acids is 1. The van der Waals surface area contributed by atoms with E-state index in [9.17, 15) is 9.59 Å². The Morgan fingerprint density at radius 3 is 2.79 bits per heavy atom. The van der Waals surface area contributed by atoms with Gasteiger partial charge in [0, 0.05) is 18.5 Å². The minimum absolute atomic E-state index is 0.0550. The van der Waals surface area contributed by atoms with Crippen molar-refractivity contribution < 1.29 is 9.53 Å². The highest BCUT2D eigenvalue weighted by atomic mass is 32.2. The lowest BCUT2D eigenvalue weighted by molar-refractivity contribution is -0.120. The first-order chi connectivity index (χ1) is 14.0. The number of ether oxygens (including phenoxy) is 1. The second-order valence-corrected chi connectivity index (χ2v) is 8.93. The third-order valence-corrected chi connectivity index (χ3v) is 6.56. The third kappa shape index (κ3) is 5.07. The molecule has 1 amide bonds. The highest BCUT2D eigenvalue weighted by molar-refractivity contribution is 8.00. The van der Waals surface area contributed by atoms with Gasteiger partial charge >= 0.3 is 0 Å². The predicted molar refractivity (Wildman–Crippen MR) is 120 cm³/mol. The Labute approximate surface area is 178 Å². The average Bonchev–Trinajstić information content (AvgIpc) is 3.16. The van der Waals surface area contributed by atoms with Crippen molar-refractivity contribution in [3.63, 3.8) is 0 Å². The maximum atomic E-state index is 13.2. The van der Waals surface area contributed by atoms with Crippen molar-refractivity contribution in [2.45, 2.75) is 37.2 Å². The molecule has 0 bridgehead atoms. The van der Waals surface area contributed by atoms with Gasteiger partial charge in [-0.05, 0) is 25.0 Å². The lowest BCUT2D eigenvalue weighted by Gasteiger charge is -2.15. The number of aromatic nitrogens is 2. The maximum absolute atomic E-state index is 13.2. The average molecular weight is 432 g/mol. The summed E-state index contributed by atoms with van der Waals surface area (Å²) in [4.78, 5) is 31.9. The molecule has 2 heterocycles. The number of benzene rings is 1. The van der Waals surface area contributed by atoms with E-state index in [1.807, 2.05) is 50.2 Å². The summed E-state index contributed by atoms with van der Waals surface area (Å²) in [6.45, 7) is 5.26. The Balaban J connectivity index is 2.00. The van der Waals surface area contributed by atoms with E-state index in [4.69, 9.17) is 9.72 Å². The number of thiophene rings is 1. The zero-order valence-corrected chi connectivity index (χ0v) is 18.4. The second kappa shape index (κ2) is 10.0. The Morgan fingerprint density at radius 1 is 1.34 bits per heavy atom. The minimum atomic E-state index is -0.353. The Morgan fingerprint density at radius 2 is 2.10 bits per heavy atom. The third-order valence-electron chi connectivity index (χ3n) is 4.39. The number of nitrogens with one attached hydrogen (secondary N) is 1. The van der Waals surface area contributed by atoms with Crippen molar-refractivity contribution in [1.29, 1.82) is 0 Å². The highest BCUT2D eigenvalue weighted by Crippen LogP contribution is 2.32. The molecule has 0 saturated carbocycles. The van der Waals surface area contributed by atoms with Gasteiger partial charge in [0.2, 0.25) is 5.91 Å². The van der Waals surface area contributed by atoms with Crippen LogP contribution in [0.3, 0.4) is 0 Å². The SMILES string of the molecule is CCCNC(=O)[C@@H](C)Sc1nc2sc(-c3ccccc3)cc2c(=O)n1CCOC. The first-order valence-electron chi connectivity index (χ1n) is 9.58. The number of hydrogen-bond acceptors (Lipinski definition) is 6. The molecule has 0 fully saturated rings. The molecular weight excluding hydrogens is 406 g/mol. The normalized spacial score (nSPS) is 12.2. The van der Waals surface area contributed by atoms with Gasteiger partial charge in [0.25, 0.3) is 5.56 Å². The van der Waals surface area contributed by atoms with Crippen LogP contribution in [0.2, 0.25) is 0 Å². The van der Waals surface area contributed by atoms with E-state index in [-0.39, 0.29) is 16.7 Å². The van der Waals surface area contributed by atoms with Crippen molar-refractivity contribution in [3.8, 4) is 10.4 Å². The Bertz CT molecular complexity index is 1030. The van der Waals surface area contributed by atoms with Crippen LogP contribution in [0, 0.1) is 0 Å². The van der Waals surface area contributed by atoms with Gasteiger partial charge in [-0.2, -0.15) is 0 Å². The summed E-state index contributed by atoms with van der Waals surface area (Å²) in [6.07, 6.45) is 0.878. The largest absolute Gasteiger partial charge is 0.383 e. The summed E-state index contributed by atoms with van der Waals surface area (Å²) in [5, 5.41) is 3.68. The predicted octanol–water partition coefficient (Wildman–Crippen LogP) is 3.78. The number of hydrogen-bond donors (Lipinski definition) is 1. The molecule has 2 aromatic heterocycles. The molecular formula is C21H25N3O3S2. The van der Waals surface area contributed by atoms with Crippen LogP contribution in [0.4, 0.5) is 0 Å². The molecule has 0 aliphatic carbocycles. The molecule has 0 unspecified atom stereocenters. The standard InChI is InChI=1S/C21H25N3O3S2/c1-4-10-22-18(25)14(2)28-21-23-19-16(20(26)24(21)11-12-27-3)13-17(29-19)15-8-6-5-7-9-15/h5-9,13-14H,4,10-12H2,1-3H3,(H,22,25)/t14-/m1/s1. The minimum Gasteiger partial charge on any atom is -0.383 e. The van der Waals surface area contributed by atoms with Crippen molar-refractivity contribution in [2.75, 3.05) is 20.3 Å². The summed E-state index contributed by atoms with van der Waals surface area (Å²) in [7, 11) is 1.60. The first kappa shape index (κ1) is 21.5. The second-order valence-electron chi connectivity index (χ2n) is 6.59. The maximum Gasteiger partial charge on any atom is 0.263 e. The first-order valence-corrected chi connectivity index (χ1v) is 11.3. The van der Waals surface area contributed by atoms with Crippen LogP contribution >= 0.6 is 23.1 Å². The van der Waals surface area contributed by atoms with Crippen molar-refractivity contribution in [2.24, 2.45) is 0 Å².